The minimum Gasteiger partial charge on any atom is -0.382 e. The highest BCUT2D eigenvalue weighted by Crippen LogP contribution is 2.27. The number of anilines is 1. The Morgan fingerprint density at radius 2 is 1.67 bits per heavy atom. The van der Waals surface area contributed by atoms with Crippen LogP contribution in [-0.2, 0) is 0 Å². The predicted molar refractivity (Wildman–Crippen MR) is 85.4 cm³/mol. The molecule has 2 atom stereocenters. The van der Waals surface area contributed by atoms with E-state index < -0.39 is 0 Å². The van der Waals surface area contributed by atoms with Gasteiger partial charge in [0.2, 0.25) is 0 Å². The highest BCUT2D eigenvalue weighted by Gasteiger charge is 2.13. The highest BCUT2D eigenvalue weighted by molar-refractivity contribution is 9.10. The molecule has 1 nitrogen and oxygen atoms in total. The van der Waals surface area contributed by atoms with Gasteiger partial charge in [-0.05, 0) is 55.9 Å². The maximum atomic E-state index is 3.74. The second kappa shape index (κ2) is 7.18. The zero-order valence-electron chi connectivity index (χ0n) is 12.3. The van der Waals surface area contributed by atoms with E-state index in [4.69, 9.17) is 0 Å². The van der Waals surface area contributed by atoms with Crippen LogP contribution in [0.4, 0.5) is 5.69 Å². The lowest BCUT2D eigenvalue weighted by Gasteiger charge is -2.24. The number of hydrogen-bond acceptors (Lipinski definition) is 1. The first-order valence-corrected chi connectivity index (χ1v) is 7.80. The summed E-state index contributed by atoms with van der Waals surface area (Å²) in [7, 11) is 0. The highest BCUT2D eigenvalue weighted by atomic mass is 79.9. The summed E-state index contributed by atoms with van der Waals surface area (Å²) in [5.41, 5.74) is 3.96. The number of hydrogen-bond donors (Lipinski definition) is 1. The van der Waals surface area contributed by atoms with Crippen molar-refractivity contribution in [2.24, 2.45) is 5.92 Å². The average Bonchev–Trinajstić information content (AvgIpc) is 2.31. The fraction of sp³-hybridized carbons (Fsp3) is 0.625. The number of halogens is 1. The molecule has 0 amide bonds. The molecule has 0 aliphatic carbocycles. The van der Waals surface area contributed by atoms with Crippen LogP contribution in [0.15, 0.2) is 16.6 Å². The van der Waals surface area contributed by atoms with Gasteiger partial charge >= 0.3 is 0 Å². The topological polar surface area (TPSA) is 12.0 Å². The van der Waals surface area contributed by atoms with Crippen LogP contribution in [0.5, 0.6) is 0 Å². The summed E-state index contributed by atoms with van der Waals surface area (Å²) in [6.45, 7) is 11.2. The molecular formula is C16H26BrN. The Hall–Kier alpha value is -0.500. The molecule has 0 saturated carbocycles. The molecule has 2 heteroatoms. The zero-order chi connectivity index (χ0) is 13.7. The van der Waals surface area contributed by atoms with Gasteiger partial charge in [-0.25, -0.2) is 0 Å². The molecule has 1 N–H and O–H groups in total. The van der Waals surface area contributed by atoms with Crippen molar-refractivity contribution in [3.63, 3.8) is 0 Å². The summed E-state index contributed by atoms with van der Waals surface area (Å²) in [6.07, 6.45) is 3.69. The zero-order valence-corrected chi connectivity index (χ0v) is 13.9. The van der Waals surface area contributed by atoms with Crippen molar-refractivity contribution in [3.8, 4) is 0 Å². The molecule has 2 unspecified atom stereocenters. The van der Waals surface area contributed by atoms with Crippen LogP contribution in [0.1, 0.15) is 51.2 Å². The average molecular weight is 312 g/mol. The Morgan fingerprint density at radius 3 is 2.11 bits per heavy atom. The Kier molecular flexibility index (Phi) is 6.20. The van der Waals surface area contributed by atoms with Crippen LogP contribution in [0, 0.1) is 19.8 Å². The number of nitrogens with one attached hydrogen (secondary N) is 1. The van der Waals surface area contributed by atoms with Crippen molar-refractivity contribution < 1.29 is 0 Å². The molecule has 1 aromatic carbocycles. The summed E-state index contributed by atoms with van der Waals surface area (Å²) < 4.78 is 1.16. The molecule has 18 heavy (non-hydrogen) atoms. The van der Waals surface area contributed by atoms with Crippen molar-refractivity contribution in [1.29, 1.82) is 0 Å². The van der Waals surface area contributed by atoms with Crippen LogP contribution in [0.3, 0.4) is 0 Å². The van der Waals surface area contributed by atoms with E-state index in [9.17, 15) is 0 Å². The largest absolute Gasteiger partial charge is 0.382 e. The van der Waals surface area contributed by atoms with E-state index in [0.29, 0.717) is 6.04 Å². The van der Waals surface area contributed by atoms with Gasteiger partial charge in [0.15, 0.2) is 0 Å². The normalized spacial score (nSPS) is 14.3. The van der Waals surface area contributed by atoms with Crippen molar-refractivity contribution in [3.05, 3.63) is 27.7 Å². The smallest absolute Gasteiger partial charge is 0.0402 e. The van der Waals surface area contributed by atoms with Crippen LogP contribution in [-0.4, -0.2) is 6.04 Å². The van der Waals surface area contributed by atoms with Gasteiger partial charge in [0, 0.05) is 16.2 Å². The lowest BCUT2D eigenvalue weighted by molar-refractivity contribution is 0.461. The molecular weight excluding hydrogens is 286 g/mol. The van der Waals surface area contributed by atoms with E-state index in [1.165, 1.54) is 36.1 Å². The molecule has 0 aromatic heterocycles. The molecule has 0 aliphatic rings. The fourth-order valence-electron chi connectivity index (χ4n) is 2.32. The molecule has 1 rings (SSSR count). The Balaban J connectivity index is 2.82. The van der Waals surface area contributed by atoms with Crippen molar-refractivity contribution in [1.82, 2.24) is 0 Å². The monoisotopic (exact) mass is 311 g/mol. The van der Waals surface area contributed by atoms with Crippen LogP contribution < -0.4 is 5.32 Å². The van der Waals surface area contributed by atoms with E-state index in [2.05, 4.69) is 68.0 Å². The van der Waals surface area contributed by atoms with Crippen molar-refractivity contribution in [2.45, 2.75) is 59.9 Å². The van der Waals surface area contributed by atoms with Gasteiger partial charge in [0.1, 0.15) is 0 Å². The Morgan fingerprint density at radius 1 is 1.11 bits per heavy atom. The third-order valence-corrected chi connectivity index (χ3v) is 4.18. The van der Waals surface area contributed by atoms with Gasteiger partial charge in [-0.2, -0.15) is 0 Å². The van der Waals surface area contributed by atoms with Gasteiger partial charge in [-0.3, -0.25) is 0 Å². The molecule has 0 bridgehead atoms. The van der Waals surface area contributed by atoms with Gasteiger partial charge in [0.25, 0.3) is 0 Å². The standard InChI is InChI=1S/C16H26BrN/c1-6-11(3)8-15(7-2)18-16-12(4)9-14(17)10-13(16)5/h9-11,15,18H,6-8H2,1-5H3. The molecule has 1 aromatic rings. The van der Waals surface area contributed by atoms with Gasteiger partial charge in [0.05, 0.1) is 0 Å². The van der Waals surface area contributed by atoms with Crippen molar-refractivity contribution in [2.75, 3.05) is 5.32 Å². The van der Waals surface area contributed by atoms with Gasteiger partial charge in [-0.1, -0.05) is 43.1 Å². The summed E-state index contributed by atoms with van der Waals surface area (Å²) in [5.74, 6) is 0.790. The first-order chi connectivity index (χ1) is 8.47. The SMILES string of the molecule is CCC(C)CC(CC)Nc1c(C)cc(Br)cc1C. The van der Waals surface area contributed by atoms with Gasteiger partial charge in [-0.15, -0.1) is 0 Å². The molecule has 0 radical (unpaired) electrons. The first kappa shape index (κ1) is 15.6. The minimum atomic E-state index is 0.582. The van der Waals surface area contributed by atoms with Crippen LogP contribution in [0.2, 0.25) is 0 Å². The van der Waals surface area contributed by atoms with E-state index in [1.807, 2.05) is 0 Å². The van der Waals surface area contributed by atoms with Gasteiger partial charge < -0.3 is 5.32 Å². The van der Waals surface area contributed by atoms with E-state index in [0.717, 1.165) is 10.4 Å². The number of benzene rings is 1. The molecule has 0 aliphatic heterocycles. The second-order valence-electron chi connectivity index (χ2n) is 5.41. The number of aryl methyl sites for hydroxylation is 2. The molecule has 0 saturated heterocycles. The minimum absolute atomic E-state index is 0.582. The summed E-state index contributed by atoms with van der Waals surface area (Å²) in [5, 5.41) is 3.74. The molecule has 0 spiro atoms. The third-order valence-electron chi connectivity index (χ3n) is 3.72. The maximum Gasteiger partial charge on any atom is 0.0402 e. The Bertz CT molecular complexity index is 364. The fourth-order valence-corrected chi connectivity index (χ4v) is 3.01. The lowest BCUT2D eigenvalue weighted by atomic mass is 9.97. The molecule has 102 valence electrons. The lowest BCUT2D eigenvalue weighted by Crippen LogP contribution is -2.22. The summed E-state index contributed by atoms with van der Waals surface area (Å²) in [4.78, 5) is 0. The predicted octanol–water partition coefficient (Wildman–Crippen LogP) is 5.69. The van der Waals surface area contributed by atoms with Crippen LogP contribution in [0.25, 0.3) is 0 Å². The summed E-state index contributed by atoms with van der Waals surface area (Å²) in [6, 6.07) is 4.95. The Labute approximate surface area is 120 Å². The van der Waals surface area contributed by atoms with E-state index in [-0.39, 0.29) is 0 Å². The number of rotatable bonds is 6. The first-order valence-electron chi connectivity index (χ1n) is 7.01. The van der Waals surface area contributed by atoms with Crippen LogP contribution >= 0.6 is 15.9 Å². The molecule has 0 heterocycles. The maximum absolute atomic E-state index is 3.74. The van der Waals surface area contributed by atoms with Crippen molar-refractivity contribution >= 4 is 21.6 Å². The third kappa shape index (κ3) is 4.31. The quantitative estimate of drug-likeness (QED) is 0.711. The van der Waals surface area contributed by atoms with E-state index in [1.54, 1.807) is 0 Å². The summed E-state index contributed by atoms with van der Waals surface area (Å²) >= 11 is 3.55. The van der Waals surface area contributed by atoms with E-state index >= 15 is 0 Å². The molecule has 0 fully saturated rings. The second-order valence-corrected chi connectivity index (χ2v) is 6.33.